The number of rotatable bonds is 7. The third-order valence-electron chi connectivity index (χ3n) is 4.37. The summed E-state index contributed by atoms with van der Waals surface area (Å²) in [6, 6.07) is 0.360. The summed E-state index contributed by atoms with van der Waals surface area (Å²) in [6.45, 7) is 2.81. The van der Waals surface area contributed by atoms with Gasteiger partial charge in [-0.15, -0.1) is 0 Å². The number of carboxylic acid groups (broad SMARTS) is 2. The first kappa shape index (κ1) is 23.3. The van der Waals surface area contributed by atoms with Crippen molar-refractivity contribution in [3.05, 3.63) is 0 Å². The molecule has 8 N–H and O–H groups in total. The van der Waals surface area contributed by atoms with Crippen molar-refractivity contribution in [2.75, 3.05) is 26.2 Å². The Hall–Kier alpha value is -1.77. The van der Waals surface area contributed by atoms with Crippen molar-refractivity contribution in [2.24, 2.45) is 0 Å². The average Bonchev–Trinajstić information content (AvgIpc) is 3.29. The molecule has 2 heterocycles. The summed E-state index contributed by atoms with van der Waals surface area (Å²) in [5, 5.41) is 57.3. The topological polar surface area (TPSA) is 200 Å². The molecule has 2 aliphatic rings. The Morgan fingerprint density at radius 3 is 2.15 bits per heavy atom. The standard InChI is InChI=1S/C10H20BN3O3.C4H6O6/c15-10(7-13-8-3-4-12-6-8)14-5-1-2-9(14)11(16)17;5-1(3(7)8)2(6)4(9)10/h8-9,12-13,16-17H,1-7H2;1-2,5-6H,(H,7,8)(H,9,10)/t8-,9+;/m1./s1. The molecule has 2 fully saturated rings. The lowest BCUT2D eigenvalue weighted by Crippen LogP contribution is -2.49. The van der Waals surface area contributed by atoms with Gasteiger partial charge in [0.05, 0.1) is 12.5 Å². The van der Waals surface area contributed by atoms with Crippen LogP contribution in [0.25, 0.3) is 0 Å². The first-order valence-electron chi connectivity index (χ1n) is 8.56. The van der Waals surface area contributed by atoms with Crippen LogP contribution in [0.15, 0.2) is 0 Å². The molecule has 0 aromatic rings. The van der Waals surface area contributed by atoms with Crippen LogP contribution in [0.2, 0.25) is 0 Å². The minimum Gasteiger partial charge on any atom is -0.479 e. The molecule has 1 amide bonds. The second-order valence-corrected chi connectivity index (χ2v) is 6.35. The number of hydrogen-bond acceptors (Lipinski definition) is 9. The lowest BCUT2D eigenvalue weighted by molar-refractivity contribution is -0.165. The maximum atomic E-state index is 11.9. The smallest absolute Gasteiger partial charge is 0.475 e. The molecule has 13 heteroatoms. The Morgan fingerprint density at radius 1 is 1.11 bits per heavy atom. The Labute approximate surface area is 155 Å². The number of aliphatic hydroxyl groups is 2. The van der Waals surface area contributed by atoms with Crippen LogP contribution in [-0.4, -0.2) is 111 Å². The highest BCUT2D eigenvalue weighted by Gasteiger charge is 2.36. The van der Waals surface area contributed by atoms with Crippen LogP contribution in [0, 0.1) is 0 Å². The average molecular weight is 391 g/mol. The van der Waals surface area contributed by atoms with E-state index in [2.05, 4.69) is 10.6 Å². The van der Waals surface area contributed by atoms with Gasteiger partial charge in [0, 0.05) is 19.1 Å². The zero-order valence-electron chi connectivity index (χ0n) is 14.7. The van der Waals surface area contributed by atoms with Crippen LogP contribution < -0.4 is 10.6 Å². The van der Waals surface area contributed by atoms with Gasteiger partial charge >= 0.3 is 19.1 Å². The van der Waals surface area contributed by atoms with Gasteiger partial charge in [-0.05, 0) is 25.8 Å². The first-order valence-corrected chi connectivity index (χ1v) is 8.56. The normalized spacial score (nSPS) is 23.9. The molecule has 2 aliphatic heterocycles. The van der Waals surface area contributed by atoms with Gasteiger partial charge in [0.25, 0.3) is 0 Å². The number of carboxylic acids is 2. The van der Waals surface area contributed by atoms with E-state index in [1.165, 1.54) is 0 Å². The fourth-order valence-corrected chi connectivity index (χ4v) is 2.84. The van der Waals surface area contributed by atoms with Crippen molar-refractivity contribution in [1.82, 2.24) is 15.5 Å². The van der Waals surface area contributed by atoms with E-state index in [-0.39, 0.29) is 12.5 Å². The van der Waals surface area contributed by atoms with Crippen LogP contribution in [0.5, 0.6) is 0 Å². The number of aliphatic hydroxyl groups excluding tert-OH is 2. The number of nitrogens with zero attached hydrogens (tertiary/aromatic N) is 1. The van der Waals surface area contributed by atoms with Gasteiger partial charge < -0.3 is 46.0 Å². The molecule has 2 saturated heterocycles. The lowest BCUT2D eigenvalue weighted by atomic mass is 9.78. The second kappa shape index (κ2) is 11.2. The molecular weight excluding hydrogens is 365 g/mol. The van der Waals surface area contributed by atoms with Crippen LogP contribution in [-0.2, 0) is 14.4 Å². The summed E-state index contributed by atoms with van der Waals surface area (Å²) in [4.78, 5) is 33.1. The van der Waals surface area contributed by atoms with Gasteiger partial charge in [0.1, 0.15) is 0 Å². The highest BCUT2D eigenvalue weighted by Crippen LogP contribution is 2.17. The number of likely N-dealkylation sites (tertiary alicyclic amines) is 1. The van der Waals surface area contributed by atoms with Crippen LogP contribution >= 0.6 is 0 Å². The molecule has 2 unspecified atom stereocenters. The number of carbonyl (C=O) groups excluding carboxylic acids is 1. The Morgan fingerprint density at radius 2 is 1.70 bits per heavy atom. The number of carbonyl (C=O) groups is 3. The van der Waals surface area contributed by atoms with Crippen molar-refractivity contribution < 1.29 is 44.9 Å². The van der Waals surface area contributed by atoms with Crippen molar-refractivity contribution in [3.63, 3.8) is 0 Å². The third-order valence-corrected chi connectivity index (χ3v) is 4.37. The number of hydrogen-bond donors (Lipinski definition) is 8. The minimum atomic E-state index is -2.27. The fraction of sp³-hybridized carbons (Fsp3) is 0.786. The molecule has 2 rings (SSSR count). The SMILES string of the molecule is O=C(CN[C@@H]1CCNC1)N1CCC[C@H]1B(O)O.O=C(O)C(O)C(O)C(=O)O. The molecule has 4 atom stereocenters. The van der Waals surface area contributed by atoms with E-state index < -0.39 is 37.2 Å². The van der Waals surface area contributed by atoms with E-state index in [4.69, 9.17) is 20.4 Å². The molecular formula is C14H26BN3O9. The maximum absolute atomic E-state index is 11.9. The number of aliphatic carboxylic acids is 2. The molecule has 154 valence electrons. The number of nitrogens with one attached hydrogen (secondary N) is 2. The summed E-state index contributed by atoms with van der Waals surface area (Å²) < 4.78 is 0. The van der Waals surface area contributed by atoms with Crippen molar-refractivity contribution in [2.45, 2.75) is 43.5 Å². The summed E-state index contributed by atoms with van der Waals surface area (Å²) in [6.07, 6.45) is -1.97. The van der Waals surface area contributed by atoms with Gasteiger partial charge in [-0.2, -0.15) is 0 Å². The van der Waals surface area contributed by atoms with Crippen LogP contribution in [0.4, 0.5) is 0 Å². The first-order chi connectivity index (χ1) is 12.6. The summed E-state index contributed by atoms with van der Waals surface area (Å²) in [5.74, 6) is -4.00. The molecule has 0 radical (unpaired) electrons. The Kier molecular flexibility index (Phi) is 9.62. The molecule has 27 heavy (non-hydrogen) atoms. The van der Waals surface area contributed by atoms with E-state index in [0.29, 0.717) is 19.0 Å². The van der Waals surface area contributed by atoms with Crippen molar-refractivity contribution >= 4 is 25.0 Å². The van der Waals surface area contributed by atoms with E-state index in [1.807, 2.05) is 0 Å². The Bertz CT molecular complexity index is 498. The summed E-state index contributed by atoms with van der Waals surface area (Å²) in [7, 11) is -1.42. The van der Waals surface area contributed by atoms with Crippen molar-refractivity contribution in [1.29, 1.82) is 0 Å². The summed E-state index contributed by atoms with van der Waals surface area (Å²) in [5.41, 5.74) is 0. The molecule has 0 aromatic heterocycles. The summed E-state index contributed by atoms with van der Waals surface area (Å²) >= 11 is 0. The van der Waals surface area contributed by atoms with Gasteiger partial charge in [-0.25, -0.2) is 9.59 Å². The van der Waals surface area contributed by atoms with Gasteiger partial charge in [0.2, 0.25) is 5.91 Å². The van der Waals surface area contributed by atoms with Crippen LogP contribution in [0.3, 0.4) is 0 Å². The quantitative estimate of drug-likeness (QED) is 0.196. The molecule has 0 aromatic carbocycles. The van der Waals surface area contributed by atoms with E-state index in [0.717, 1.165) is 25.9 Å². The zero-order valence-corrected chi connectivity index (χ0v) is 14.7. The second-order valence-electron chi connectivity index (χ2n) is 6.35. The number of amides is 1. The van der Waals surface area contributed by atoms with E-state index in [1.54, 1.807) is 4.90 Å². The third kappa shape index (κ3) is 7.40. The highest BCUT2D eigenvalue weighted by atomic mass is 16.4. The monoisotopic (exact) mass is 391 g/mol. The van der Waals surface area contributed by atoms with Crippen LogP contribution in [0.1, 0.15) is 19.3 Å². The molecule has 0 bridgehead atoms. The minimum absolute atomic E-state index is 0.0347. The maximum Gasteiger partial charge on any atom is 0.475 e. The molecule has 0 saturated carbocycles. The predicted octanol–water partition coefficient (Wildman–Crippen LogP) is -4.18. The van der Waals surface area contributed by atoms with Gasteiger partial charge in [-0.1, -0.05) is 0 Å². The van der Waals surface area contributed by atoms with Gasteiger partial charge in [-0.3, -0.25) is 4.79 Å². The fourth-order valence-electron chi connectivity index (χ4n) is 2.84. The highest BCUT2D eigenvalue weighted by molar-refractivity contribution is 6.43. The molecule has 12 nitrogen and oxygen atoms in total. The zero-order chi connectivity index (χ0) is 20.6. The lowest BCUT2D eigenvalue weighted by Gasteiger charge is -2.24. The van der Waals surface area contributed by atoms with E-state index >= 15 is 0 Å². The Balaban J connectivity index is 0.000000314. The molecule has 0 aliphatic carbocycles. The van der Waals surface area contributed by atoms with E-state index in [9.17, 15) is 24.4 Å². The van der Waals surface area contributed by atoms with Gasteiger partial charge in [0.15, 0.2) is 12.2 Å². The largest absolute Gasteiger partial charge is 0.479 e. The molecule has 0 spiro atoms. The predicted molar refractivity (Wildman–Crippen MR) is 91.5 cm³/mol. The van der Waals surface area contributed by atoms with Crippen molar-refractivity contribution in [3.8, 4) is 0 Å².